The van der Waals surface area contributed by atoms with Crippen LogP contribution in [0.15, 0.2) is 60.7 Å². The molecule has 16 heavy (non-hydrogen) atoms. The molecule has 0 spiro atoms. The van der Waals surface area contributed by atoms with Gasteiger partial charge in [-0.25, -0.2) is 0 Å². The van der Waals surface area contributed by atoms with E-state index in [1.807, 2.05) is 60.7 Å². The first kappa shape index (κ1) is 8.58. The molecule has 1 unspecified atom stereocenters. The predicted octanol–water partition coefficient (Wildman–Crippen LogP) is 4.25. The Bertz CT molecular complexity index is 408. The molecule has 2 aromatic carbocycles. The van der Waals surface area contributed by atoms with Crippen molar-refractivity contribution in [3.05, 3.63) is 71.8 Å². The van der Waals surface area contributed by atoms with Gasteiger partial charge in [-0.05, 0) is 36.8 Å². The molecular weight excluding hydrogens is 192 g/mol. The van der Waals surface area contributed by atoms with Gasteiger partial charge in [-0.2, -0.15) is 0 Å². The van der Waals surface area contributed by atoms with Gasteiger partial charge in [0.05, 0.1) is 0 Å². The van der Waals surface area contributed by atoms with Crippen LogP contribution in [0.1, 0.15) is 26.7 Å². The maximum atomic E-state index is 8.09. The SMILES string of the molecule is [2H]C(CC[C@H]([2H])c1ccccc1)c1ccccc1. The van der Waals surface area contributed by atoms with E-state index in [1.165, 1.54) is 0 Å². The Morgan fingerprint density at radius 3 is 1.38 bits per heavy atom. The molecule has 0 N–H and O–H groups in total. The molecule has 0 aliphatic heterocycles. The Hall–Kier alpha value is -1.56. The topological polar surface area (TPSA) is 0 Å². The molecular formula is C16H18. The van der Waals surface area contributed by atoms with Gasteiger partial charge in [0.25, 0.3) is 0 Å². The van der Waals surface area contributed by atoms with Gasteiger partial charge in [0.2, 0.25) is 0 Å². The van der Waals surface area contributed by atoms with Crippen molar-refractivity contribution < 1.29 is 2.74 Å². The zero-order valence-corrected chi connectivity index (χ0v) is 9.34. The fourth-order valence-corrected chi connectivity index (χ4v) is 1.68. The van der Waals surface area contributed by atoms with Crippen LogP contribution in [-0.4, -0.2) is 0 Å². The van der Waals surface area contributed by atoms with E-state index in [9.17, 15) is 0 Å². The van der Waals surface area contributed by atoms with E-state index in [-0.39, 0.29) is 12.8 Å². The van der Waals surface area contributed by atoms with Gasteiger partial charge in [0.15, 0.2) is 0 Å². The molecule has 0 aromatic heterocycles. The number of aryl methyl sites for hydroxylation is 2. The molecule has 0 saturated heterocycles. The van der Waals surface area contributed by atoms with E-state index in [1.54, 1.807) is 0 Å². The average molecular weight is 212 g/mol. The molecule has 0 nitrogen and oxygen atoms in total. The van der Waals surface area contributed by atoms with Gasteiger partial charge in [-0.15, -0.1) is 0 Å². The van der Waals surface area contributed by atoms with Crippen molar-refractivity contribution in [2.45, 2.75) is 25.6 Å². The molecule has 0 bridgehead atoms. The van der Waals surface area contributed by atoms with Crippen molar-refractivity contribution in [3.63, 3.8) is 0 Å². The van der Waals surface area contributed by atoms with Crippen molar-refractivity contribution in [1.29, 1.82) is 0 Å². The molecule has 2 aromatic rings. The summed E-state index contributed by atoms with van der Waals surface area (Å²) in [7, 11) is 0. The van der Waals surface area contributed by atoms with E-state index >= 15 is 0 Å². The minimum absolute atomic E-state index is 0.220. The maximum absolute atomic E-state index is 8.09. The van der Waals surface area contributed by atoms with Crippen LogP contribution in [-0.2, 0) is 12.8 Å². The first-order valence-electron chi connectivity index (χ1n) is 6.87. The molecule has 0 aliphatic rings. The van der Waals surface area contributed by atoms with E-state index in [4.69, 9.17) is 2.74 Å². The van der Waals surface area contributed by atoms with Crippen molar-refractivity contribution in [1.82, 2.24) is 0 Å². The highest BCUT2D eigenvalue weighted by Crippen LogP contribution is 2.08. The summed E-state index contributed by atoms with van der Waals surface area (Å²) in [4.78, 5) is 0. The van der Waals surface area contributed by atoms with Crippen LogP contribution in [0.2, 0.25) is 0 Å². The molecule has 0 amide bonds. The lowest BCUT2D eigenvalue weighted by Gasteiger charge is -2.02. The Morgan fingerprint density at radius 2 is 1.00 bits per heavy atom. The highest BCUT2D eigenvalue weighted by molar-refractivity contribution is 5.16. The molecule has 0 saturated carbocycles. The van der Waals surface area contributed by atoms with Crippen molar-refractivity contribution in [3.8, 4) is 0 Å². The molecule has 0 radical (unpaired) electrons. The largest absolute Gasteiger partial charge is 0.0622 e. The summed E-state index contributed by atoms with van der Waals surface area (Å²) >= 11 is 0. The molecule has 2 rings (SSSR count). The zero-order chi connectivity index (χ0) is 12.8. The number of benzene rings is 2. The first-order valence-corrected chi connectivity index (χ1v) is 5.72. The molecule has 82 valence electrons. The second kappa shape index (κ2) is 6.12. The standard InChI is InChI=1S/C16H18/c1-3-9-15(10-4-1)13-7-8-14-16-11-5-2-6-12-16/h1-6,9-12H,7-8,13-14H2/i13D,14D/t13-,14?/m0/s1. The number of hydrogen-bond acceptors (Lipinski definition) is 0. The van der Waals surface area contributed by atoms with Crippen LogP contribution >= 0.6 is 0 Å². The maximum Gasteiger partial charge on any atom is 0.0316 e. The average Bonchev–Trinajstić information content (AvgIpc) is 2.46. The summed E-state index contributed by atoms with van der Waals surface area (Å²) in [5, 5.41) is 0. The van der Waals surface area contributed by atoms with Crippen LogP contribution in [0.25, 0.3) is 0 Å². The van der Waals surface area contributed by atoms with E-state index in [2.05, 4.69) is 0 Å². The molecule has 0 heteroatoms. The smallest absolute Gasteiger partial charge is 0.0316 e. The summed E-state index contributed by atoms with van der Waals surface area (Å²) in [5.41, 5.74) is 2.08. The number of hydrogen-bond donors (Lipinski definition) is 0. The van der Waals surface area contributed by atoms with Crippen LogP contribution < -0.4 is 0 Å². The lowest BCUT2D eigenvalue weighted by atomic mass is 10.0. The van der Waals surface area contributed by atoms with Crippen molar-refractivity contribution >= 4 is 0 Å². The summed E-state index contributed by atoms with van der Waals surface area (Å²) in [5.74, 6) is 0. The Kier molecular flexibility index (Phi) is 3.28. The third-order valence-corrected chi connectivity index (χ3v) is 2.53. The van der Waals surface area contributed by atoms with Crippen LogP contribution in [0.4, 0.5) is 0 Å². The monoisotopic (exact) mass is 212 g/mol. The highest BCUT2D eigenvalue weighted by atomic mass is 14.0. The quantitative estimate of drug-likeness (QED) is 0.695. The van der Waals surface area contributed by atoms with Crippen molar-refractivity contribution in [2.75, 3.05) is 0 Å². The molecule has 0 heterocycles. The van der Waals surface area contributed by atoms with Crippen LogP contribution in [0.5, 0.6) is 0 Å². The van der Waals surface area contributed by atoms with Gasteiger partial charge >= 0.3 is 0 Å². The van der Waals surface area contributed by atoms with Crippen molar-refractivity contribution in [2.24, 2.45) is 0 Å². The number of rotatable bonds is 5. The summed E-state index contributed by atoms with van der Waals surface area (Å²) in [6.07, 6.45) is 1.02. The second-order valence-corrected chi connectivity index (χ2v) is 3.81. The second-order valence-electron chi connectivity index (χ2n) is 3.81. The van der Waals surface area contributed by atoms with Gasteiger partial charge in [-0.1, -0.05) is 60.7 Å². The molecule has 0 fully saturated rings. The Morgan fingerprint density at radius 1 is 0.625 bits per heavy atom. The van der Waals surface area contributed by atoms with Gasteiger partial charge in [0, 0.05) is 2.74 Å². The Balaban J connectivity index is 1.89. The first-order chi connectivity index (χ1) is 8.77. The van der Waals surface area contributed by atoms with E-state index in [0.717, 1.165) is 24.0 Å². The fraction of sp³-hybridized carbons (Fsp3) is 0.250. The predicted molar refractivity (Wildman–Crippen MR) is 69.5 cm³/mol. The van der Waals surface area contributed by atoms with E-state index in [0.29, 0.717) is 0 Å². The summed E-state index contributed by atoms with van der Waals surface area (Å²) in [6, 6.07) is 19.7. The van der Waals surface area contributed by atoms with Crippen LogP contribution in [0.3, 0.4) is 0 Å². The minimum Gasteiger partial charge on any atom is -0.0622 e. The summed E-state index contributed by atoms with van der Waals surface area (Å²) in [6.45, 7) is 0. The zero-order valence-electron chi connectivity index (χ0n) is 11.3. The normalized spacial score (nSPS) is 16.0. The van der Waals surface area contributed by atoms with Crippen LogP contribution in [0, 0.1) is 0 Å². The Labute approximate surface area is 101 Å². The highest BCUT2D eigenvalue weighted by Gasteiger charge is 1.94. The van der Waals surface area contributed by atoms with Gasteiger partial charge in [0.1, 0.15) is 0 Å². The summed E-state index contributed by atoms with van der Waals surface area (Å²) < 4.78 is 16.2. The van der Waals surface area contributed by atoms with Gasteiger partial charge in [-0.3, -0.25) is 0 Å². The molecule has 0 aliphatic carbocycles. The minimum atomic E-state index is -0.220. The third kappa shape index (κ3) is 3.54. The fourth-order valence-electron chi connectivity index (χ4n) is 1.68. The lowest BCUT2D eigenvalue weighted by Crippen LogP contribution is -1.88. The van der Waals surface area contributed by atoms with E-state index < -0.39 is 0 Å². The van der Waals surface area contributed by atoms with Gasteiger partial charge < -0.3 is 0 Å². The lowest BCUT2D eigenvalue weighted by molar-refractivity contribution is 0.734. The molecule has 2 atom stereocenters. The third-order valence-electron chi connectivity index (χ3n) is 2.53.